The molecule has 0 bridgehead atoms. The molecule has 0 spiro atoms. The second-order valence-electron chi connectivity index (χ2n) is 14.8. The number of aliphatic hydroxyl groups excluding tert-OH is 4. The number of rotatable bonds is 20. The molecule has 0 aliphatic carbocycles. The third-order valence-electron chi connectivity index (χ3n) is 9.70. The van der Waals surface area contributed by atoms with Crippen LogP contribution in [0.1, 0.15) is 25.0 Å². The first-order valence-electron chi connectivity index (χ1n) is 20.0. The topological polar surface area (TPSA) is 442 Å². The van der Waals surface area contributed by atoms with Crippen molar-refractivity contribution in [1.29, 1.82) is 10.8 Å². The molecule has 10 atom stereocenters. The van der Waals surface area contributed by atoms with Crippen LogP contribution in [0, 0.1) is 10.8 Å². The van der Waals surface area contributed by atoms with Gasteiger partial charge in [0.2, 0.25) is 23.3 Å². The van der Waals surface area contributed by atoms with Gasteiger partial charge in [0.15, 0.2) is 36.3 Å². The van der Waals surface area contributed by atoms with E-state index < -0.39 is 133 Å². The fourth-order valence-electron chi connectivity index (χ4n) is 6.78. The maximum atomic E-state index is 13.0. The summed E-state index contributed by atoms with van der Waals surface area (Å²) >= 11 is 0. The quantitative estimate of drug-likeness (QED) is 0.0460. The third-order valence-corrected chi connectivity index (χ3v) is 9.70. The van der Waals surface area contributed by atoms with Crippen LogP contribution < -0.4 is 48.1 Å². The molecular weight excluding hydrogens is 892 g/mol. The van der Waals surface area contributed by atoms with Gasteiger partial charge in [-0.2, -0.15) is 0 Å². The summed E-state index contributed by atoms with van der Waals surface area (Å²) in [5, 5.41) is 90.2. The van der Waals surface area contributed by atoms with Gasteiger partial charge in [0.05, 0.1) is 37.4 Å². The number of carbonyl (C=O) groups is 6. The summed E-state index contributed by atoms with van der Waals surface area (Å²) in [6.07, 6.45) is -10.5. The van der Waals surface area contributed by atoms with E-state index in [0.29, 0.717) is 22.6 Å². The Labute approximate surface area is 380 Å². The first kappa shape index (κ1) is 51.8. The Kier molecular flexibility index (Phi) is 18.4. The normalized spacial score (nSPS) is 21.5. The minimum absolute atomic E-state index is 0.123. The molecule has 0 fully saturated rings. The monoisotopic (exact) mass is 944 g/mol. The van der Waals surface area contributed by atoms with Crippen molar-refractivity contribution in [2.75, 3.05) is 13.2 Å². The Hall–Kier alpha value is -7.88. The molecule has 0 saturated heterocycles. The predicted molar refractivity (Wildman–Crippen MR) is 227 cm³/mol. The van der Waals surface area contributed by atoms with E-state index in [1.807, 2.05) is 0 Å². The molecule has 2 aromatic rings. The number of nitrogens with one attached hydrogen (secondary N) is 8. The Morgan fingerprint density at radius 1 is 0.627 bits per heavy atom. The summed E-state index contributed by atoms with van der Waals surface area (Å²) in [4.78, 5) is 73.8. The van der Waals surface area contributed by atoms with Crippen LogP contribution in [0.4, 0.5) is 9.59 Å². The van der Waals surface area contributed by atoms with Crippen LogP contribution in [0.3, 0.4) is 0 Å². The first-order chi connectivity index (χ1) is 31.7. The summed E-state index contributed by atoms with van der Waals surface area (Å²) in [7, 11) is 0. The molecule has 0 unspecified atom stereocenters. The number of hydrogen-bond donors (Lipinski definition) is 16. The minimum Gasteiger partial charge on any atom is -0.477 e. The molecule has 27 nitrogen and oxygen atoms in total. The highest BCUT2D eigenvalue weighted by atomic mass is 16.6. The standard InChI is InChI=1S/C40H52N10O17/c1-17(53)47-29-23(49-37(41)42)11-27(35(57)58)64-33(29)31(25(55)15-51)66-39(61)45-13-19-3-7-21(8-4-19)63-22-9-5-20(6-10-22)14-46-40(62)67-32(26(56)16-52)34-30(48-18(2)54)24(50-38(43)44)12-28(65-34)36(59)60/h3-12,23-26,29-34,51-52,55-56H,13-16H2,1-2H3,(H,45,61)(H,46,62)(H,47,53)(H,48,54)(H,57,58)(H,59,60)(H4,41,42,49)(H4,43,44,50)/t23-,24-,25+,26+,29+,30+,31+,32+,33+,34+/m0/s1. The number of ether oxygens (including phenoxy) is 5. The first-order valence-corrected chi connectivity index (χ1v) is 20.0. The van der Waals surface area contributed by atoms with Gasteiger partial charge in [0.1, 0.15) is 23.7 Å². The maximum absolute atomic E-state index is 13.0. The number of aliphatic carboxylic acids is 2. The zero-order valence-corrected chi connectivity index (χ0v) is 35.7. The molecule has 67 heavy (non-hydrogen) atoms. The van der Waals surface area contributed by atoms with Crippen molar-refractivity contribution in [2.45, 2.75) is 87.7 Å². The van der Waals surface area contributed by atoms with Crippen molar-refractivity contribution in [2.24, 2.45) is 11.5 Å². The number of amides is 4. The van der Waals surface area contributed by atoms with Gasteiger partial charge in [-0.3, -0.25) is 20.4 Å². The number of carboxylic acid groups (broad SMARTS) is 2. The molecule has 0 aromatic heterocycles. The van der Waals surface area contributed by atoms with Crippen molar-refractivity contribution in [1.82, 2.24) is 31.9 Å². The van der Waals surface area contributed by atoms with Crippen LogP contribution in [0.15, 0.2) is 72.2 Å². The Bertz CT molecular complexity index is 2040. The molecule has 2 heterocycles. The second-order valence-corrected chi connectivity index (χ2v) is 14.8. The van der Waals surface area contributed by atoms with Gasteiger partial charge in [-0.25, -0.2) is 19.2 Å². The zero-order chi connectivity index (χ0) is 49.5. The van der Waals surface area contributed by atoms with E-state index in [9.17, 15) is 59.4 Å². The molecule has 2 aliphatic heterocycles. The highest BCUT2D eigenvalue weighted by Crippen LogP contribution is 2.27. The van der Waals surface area contributed by atoms with Crippen molar-refractivity contribution in [3.63, 3.8) is 0 Å². The molecule has 364 valence electrons. The van der Waals surface area contributed by atoms with E-state index >= 15 is 0 Å². The highest BCUT2D eigenvalue weighted by molar-refractivity contribution is 5.86. The number of carboxylic acids is 2. The summed E-state index contributed by atoms with van der Waals surface area (Å²) in [6, 6.07) is 7.91. The van der Waals surface area contributed by atoms with E-state index in [-0.39, 0.29) is 13.1 Å². The molecule has 0 radical (unpaired) electrons. The van der Waals surface area contributed by atoms with Gasteiger partial charge in [0.25, 0.3) is 0 Å². The lowest BCUT2D eigenvalue weighted by Gasteiger charge is -2.41. The van der Waals surface area contributed by atoms with E-state index in [1.165, 1.54) is 0 Å². The lowest BCUT2D eigenvalue weighted by molar-refractivity contribution is -0.147. The van der Waals surface area contributed by atoms with E-state index in [0.717, 1.165) is 26.0 Å². The lowest BCUT2D eigenvalue weighted by atomic mass is 9.92. The van der Waals surface area contributed by atoms with Crippen molar-refractivity contribution in [3.8, 4) is 11.5 Å². The van der Waals surface area contributed by atoms with Crippen LogP contribution in [-0.4, -0.2) is 153 Å². The number of alkyl carbamates (subject to hydrolysis) is 2. The van der Waals surface area contributed by atoms with Gasteiger partial charge < -0.3 is 97.7 Å². The minimum atomic E-state index is -1.82. The molecule has 4 amide bonds. The maximum Gasteiger partial charge on any atom is 0.407 e. The summed E-state index contributed by atoms with van der Waals surface area (Å²) in [6.45, 7) is 0.112. The van der Waals surface area contributed by atoms with Crippen molar-refractivity contribution in [3.05, 3.63) is 83.3 Å². The fraction of sp³-hybridized carbons (Fsp3) is 0.400. The largest absolute Gasteiger partial charge is 0.477 e. The molecule has 18 N–H and O–H groups in total. The van der Waals surface area contributed by atoms with Gasteiger partial charge in [0, 0.05) is 26.9 Å². The molecule has 2 aromatic carbocycles. The Balaban J connectivity index is 1.35. The average molecular weight is 945 g/mol. The Morgan fingerprint density at radius 3 is 1.25 bits per heavy atom. The lowest BCUT2D eigenvalue weighted by Crippen LogP contribution is -2.65. The van der Waals surface area contributed by atoms with E-state index in [4.69, 9.17) is 46.0 Å². The number of nitrogens with two attached hydrogens (primary N) is 2. The van der Waals surface area contributed by atoms with Gasteiger partial charge in [-0.1, -0.05) is 24.3 Å². The smallest absolute Gasteiger partial charge is 0.407 e. The fourth-order valence-corrected chi connectivity index (χ4v) is 6.78. The molecule has 27 heteroatoms. The number of carbonyl (C=O) groups excluding carboxylic acids is 4. The van der Waals surface area contributed by atoms with E-state index in [1.54, 1.807) is 48.5 Å². The zero-order valence-electron chi connectivity index (χ0n) is 35.7. The summed E-state index contributed by atoms with van der Waals surface area (Å²) in [5.74, 6) is -6.14. The van der Waals surface area contributed by atoms with Crippen molar-refractivity contribution >= 4 is 47.9 Å². The van der Waals surface area contributed by atoms with Gasteiger partial charge >= 0.3 is 24.1 Å². The predicted octanol–water partition coefficient (Wildman–Crippen LogP) is -3.18. The second kappa shape index (κ2) is 23.9. The third kappa shape index (κ3) is 15.1. The SMILES string of the molecule is CC(=O)N[C@H]1[C@H]([C@H](OC(=O)NCc2ccc(Oc3ccc(CNC(=O)O[C@@H]([C@@H]4OC(C(=O)O)=C[C@H](NC(=N)N)[C@H]4NC(C)=O)[C@H](O)CO)cc3)cc2)[C@H](O)CO)OC(C(=O)O)=C[C@@H]1NC(=N)N. The van der Waals surface area contributed by atoms with Crippen LogP contribution in [0.2, 0.25) is 0 Å². The Morgan fingerprint density at radius 2 is 0.970 bits per heavy atom. The van der Waals surface area contributed by atoms with Crippen LogP contribution in [0.25, 0.3) is 0 Å². The molecule has 4 rings (SSSR count). The number of aliphatic hydroxyl groups is 4. The van der Waals surface area contributed by atoms with Gasteiger partial charge in [-0.05, 0) is 47.5 Å². The van der Waals surface area contributed by atoms with Crippen LogP contribution in [-0.2, 0) is 51.2 Å². The van der Waals surface area contributed by atoms with Crippen molar-refractivity contribution < 1.29 is 83.1 Å². The number of guanidine groups is 2. The van der Waals surface area contributed by atoms with Crippen LogP contribution in [0.5, 0.6) is 11.5 Å². The van der Waals surface area contributed by atoms with Crippen LogP contribution >= 0.6 is 0 Å². The molecule has 2 aliphatic rings. The summed E-state index contributed by atoms with van der Waals surface area (Å²) < 4.78 is 27.7. The van der Waals surface area contributed by atoms with Gasteiger partial charge in [-0.15, -0.1) is 0 Å². The highest BCUT2D eigenvalue weighted by Gasteiger charge is 2.48. The average Bonchev–Trinajstić information content (AvgIpc) is 3.26. The number of benzene rings is 2. The molecule has 0 saturated carbocycles. The number of hydrogen-bond acceptors (Lipinski definition) is 17. The van der Waals surface area contributed by atoms with E-state index in [2.05, 4.69) is 31.9 Å². The molecular formula is C40H52N10O17. The summed E-state index contributed by atoms with van der Waals surface area (Å²) in [5.41, 5.74) is 12.0.